The minimum absolute atomic E-state index is 0.312. The number of ether oxygens (including phenoxy) is 1. The predicted octanol–water partition coefficient (Wildman–Crippen LogP) is 3.65. The molecule has 0 N–H and O–H groups in total. The Balaban J connectivity index is 2.04. The smallest absolute Gasteiger partial charge is 0.330 e. The topological polar surface area (TPSA) is 60.4 Å². The van der Waals surface area contributed by atoms with Crippen LogP contribution in [-0.2, 0) is 19.4 Å². The van der Waals surface area contributed by atoms with E-state index in [1.807, 2.05) is 30.3 Å². The quantitative estimate of drug-likeness (QED) is 0.627. The molecule has 1 aliphatic rings. The lowest BCUT2D eigenvalue weighted by atomic mass is 9.97. The number of esters is 1. The molecule has 0 heterocycles. The Morgan fingerprint density at radius 2 is 1.79 bits per heavy atom. The zero-order valence-corrected chi connectivity index (χ0v) is 14.2. The second kappa shape index (κ2) is 6.77. The van der Waals surface area contributed by atoms with Gasteiger partial charge in [-0.05, 0) is 30.7 Å². The number of hydrogen-bond acceptors (Lipinski definition) is 4. The van der Waals surface area contributed by atoms with Crippen LogP contribution in [0.25, 0.3) is 10.8 Å². The molecule has 0 spiro atoms. The van der Waals surface area contributed by atoms with Crippen molar-refractivity contribution in [3.05, 3.63) is 55.1 Å². The van der Waals surface area contributed by atoms with Gasteiger partial charge in [-0.2, -0.15) is 0 Å². The highest BCUT2D eigenvalue weighted by atomic mass is 32.2. The molecule has 1 aliphatic carbocycles. The molecule has 1 fully saturated rings. The SMILES string of the molecule is C=CC(=O)O[C@@H]1CCCC[C@H]1S(=O)(=O)c1cccc2ccccc12. The Kier molecular flexibility index (Phi) is 4.71. The lowest BCUT2D eigenvalue weighted by molar-refractivity contribution is -0.144. The molecule has 1 saturated carbocycles. The van der Waals surface area contributed by atoms with Crippen LogP contribution in [0.4, 0.5) is 0 Å². The molecule has 126 valence electrons. The molecular weight excluding hydrogens is 324 g/mol. The van der Waals surface area contributed by atoms with Crippen LogP contribution in [0.1, 0.15) is 25.7 Å². The minimum atomic E-state index is -3.60. The van der Waals surface area contributed by atoms with Crippen molar-refractivity contribution in [3.63, 3.8) is 0 Å². The van der Waals surface area contributed by atoms with Gasteiger partial charge in [0.15, 0.2) is 9.84 Å². The average Bonchev–Trinajstić information content (AvgIpc) is 2.61. The molecule has 4 nitrogen and oxygen atoms in total. The van der Waals surface area contributed by atoms with Crippen LogP contribution in [-0.4, -0.2) is 25.7 Å². The van der Waals surface area contributed by atoms with Gasteiger partial charge in [-0.15, -0.1) is 0 Å². The first-order valence-electron chi connectivity index (χ1n) is 8.09. The van der Waals surface area contributed by atoms with Crippen molar-refractivity contribution in [2.24, 2.45) is 0 Å². The maximum atomic E-state index is 13.3. The lowest BCUT2D eigenvalue weighted by Gasteiger charge is -2.30. The normalized spacial score (nSPS) is 21.3. The molecule has 0 saturated heterocycles. The summed E-state index contributed by atoms with van der Waals surface area (Å²) in [6.07, 6.45) is 3.20. The van der Waals surface area contributed by atoms with E-state index in [2.05, 4.69) is 6.58 Å². The van der Waals surface area contributed by atoms with Crippen LogP contribution in [0.2, 0.25) is 0 Å². The van der Waals surface area contributed by atoms with Gasteiger partial charge in [0.05, 0.1) is 4.90 Å². The van der Waals surface area contributed by atoms with Crippen LogP contribution in [0.15, 0.2) is 60.0 Å². The fourth-order valence-electron chi connectivity index (χ4n) is 3.36. The fourth-order valence-corrected chi connectivity index (χ4v) is 5.51. The van der Waals surface area contributed by atoms with E-state index in [-0.39, 0.29) is 0 Å². The Bertz CT molecular complexity index is 865. The Morgan fingerprint density at radius 1 is 1.08 bits per heavy atom. The molecule has 24 heavy (non-hydrogen) atoms. The van der Waals surface area contributed by atoms with Crippen molar-refractivity contribution in [2.75, 3.05) is 0 Å². The van der Waals surface area contributed by atoms with Crippen LogP contribution >= 0.6 is 0 Å². The van der Waals surface area contributed by atoms with Gasteiger partial charge in [-0.1, -0.05) is 49.4 Å². The highest BCUT2D eigenvalue weighted by Gasteiger charge is 2.39. The summed E-state index contributed by atoms with van der Waals surface area (Å²) in [5.41, 5.74) is 0. The Labute approximate surface area is 142 Å². The number of benzene rings is 2. The van der Waals surface area contributed by atoms with E-state index in [0.29, 0.717) is 23.1 Å². The van der Waals surface area contributed by atoms with Gasteiger partial charge in [-0.3, -0.25) is 0 Å². The molecule has 5 heteroatoms. The third-order valence-corrected chi connectivity index (χ3v) is 6.84. The summed E-state index contributed by atoms with van der Waals surface area (Å²) in [4.78, 5) is 11.9. The predicted molar refractivity (Wildman–Crippen MR) is 93.5 cm³/mol. The summed E-state index contributed by atoms with van der Waals surface area (Å²) in [6.45, 7) is 3.39. The first-order chi connectivity index (χ1) is 11.5. The first-order valence-corrected chi connectivity index (χ1v) is 9.63. The Hall–Kier alpha value is -2.14. The monoisotopic (exact) mass is 344 g/mol. The lowest BCUT2D eigenvalue weighted by Crippen LogP contribution is -2.39. The van der Waals surface area contributed by atoms with E-state index < -0.39 is 27.2 Å². The number of sulfone groups is 1. The van der Waals surface area contributed by atoms with Crippen molar-refractivity contribution in [1.29, 1.82) is 0 Å². The molecule has 3 rings (SSSR count). The summed E-state index contributed by atoms with van der Waals surface area (Å²) in [6, 6.07) is 12.7. The zero-order chi connectivity index (χ0) is 17.2. The highest BCUT2D eigenvalue weighted by Crippen LogP contribution is 2.34. The van der Waals surface area contributed by atoms with Gasteiger partial charge < -0.3 is 4.74 Å². The molecule has 0 unspecified atom stereocenters. The number of carbonyl (C=O) groups is 1. The molecule has 2 aromatic rings. The Morgan fingerprint density at radius 3 is 2.58 bits per heavy atom. The number of fused-ring (bicyclic) bond motifs is 1. The van der Waals surface area contributed by atoms with Gasteiger partial charge >= 0.3 is 5.97 Å². The third-order valence-electron chi connectivity index (χ3n) is 4.53. The number of hydrogen-bond donors (Lipinski definition) is 0. The van der Waals surface area contributed by atoms with E-state index in [9.17, 15) is 13.2 Å². The summed E-state index contributed by atoms with van der Waals surface area (Å²) >= 11 is 0. The summed E-state index contributed by atoms with van der Waals surface area (Å²) in [5, 5.41) is 0.884. The van der Waals surface area contributed by atoms with E-state index in [0.717, 1.165) is 24.3 Å². The van der Waals surface area contributed by atoms with Gasteiger partial charge in [0.2, 0.25) is 0 Å². The molecule has 0 radical (unpaired) electrons. The molecule has 0 bridgehead atoms. The number of rotatable bonds is 4. The number of carbonyl (C=O) groups excluding carboxylic acids is 1. The van der Waals surface area contributed by atoms with Crippen molar-refractivity contribution in [1.82, 2.24) is 0 Å². The molecule has 0 aromatic heterocycles. The first kappa shape index (κ1) is 16.7. The van der Waals surface area contributed by atoms with Crippen molar-refractivity contribution >= 4 is 26.6 Å². The van der Waals surface area contributed by atoms with Crippen LogP contribution in [0, 0.1) is 0 Å². The minimum Gasteiger partial charge on any atom is -0.458 e. The van der Waals surface area contributed by atoms with Crippen LogP contribution < -0.4 is 0 Å². The maximum Gasteiger partial charge on any atom is 0.330 e. The standard InChI is InChI=1S/C19H20O4S/c1-2-19(20)23-16-11-5-6-12-18(16)24(21,22)17-13-7-9-14-8-3-4-10-15(14)17/h2-4,7-10,13,16,18H,1,5-6,11-12H2/t16-,18-/m1/s1. The van der Waals surface area contributed by atoms with Crippen LogP contribution in [0.3, 0.4) is 0 Å². The summed E-state index contributed by atoms with van der Waals surface area (Å²) < 4.78 is 31.9. The second-order valence-corrected chi connectivity index (χ2v) is 8.16. The largest absolute Gasteiger partial charge is 0.458 e. The van der Waals surface area contributed by atoms with Crippen molar-refractivity contribution in [2.45, 2.75) is 41.9 Å². The summed E-state index contributed by atoms with van der Waals surface area (Å²) in [7, 11) is -3.60. The van der Waals surface area contributed by atoms with E-state index in [1.165, 1.54) is 0 Å². The molecule has 2 aromatic carbocycles. The van der Waals surface area contributed by atoms with Gasteiger partial charge in [0.1, 0.15) is 11.4 Å². The van der Waals surface area contributed by atoms with Crippen LogP contribution in [0.5, 0.6) is 0 Å². The molecule has 2 atom stereocenters. The summed E-state index contributed by atoms with van der Waals surface area (Å²) in [5.74, 6) is -0.569. The highest BCUT2D eigenvalue weighted by molar-refractivity contribution is 7.92. The van der Waals surface area contributed by atoms with Gasteiger partial charge in [-0.25, -0.2) is 13.2 Å². The van der Waals surface area contributed by atoms with E-state index >= 15 is 0 Å². The second-order valence-electron chi connectivity index (χ2n) is 6.02. The van der Waals surface area contributed by atoms with Crippen molar-refractivity contribution < 1.29 is 17.9 Å². The maximum absolute atomic E-state index is 13.3. The van der Waals surface area contributed by atoms with E-state index in [4.69, 9.17) is 4.74 Å². The average molecular weight is 344 g/mol. The fraction of sp³-hybridized carbons (Fsp3) is 0.316. The zero-order valence-electron chi connectivity index (χ0n) is 13.4. The van der Waals surface area contributed by atoms with Crippen molar-refractivity contribution in [3.8, 4) is 0 Å². The molecule has 0 aliphatic heterocycles. The van der Waals surface area contributed by atoms with E-state index in [1.54, 1.807) is 12.1 Å². The third kappa shape index (κ3) is 3.08. The van der Waals surface area contributed by atoms with Gasteiger partial charge in [0.25, 0.3) is 0 Å². The molecular formula is C19H20O4S. The van der Waals surface area contributed by atoms with Gasteiger partial charge in [0, 0.05) is 11.5 Å². The molecule has 0 amide bonds.